The van der Waals surface area contributed by atoms with E-state index < -0.39 is 5.25 Å². The Bertz CT molecular complexity index is 1050. The fraction of sp³-hybridized carbons (Fsp3) is 0.360. The van der Waals surface area contributed by atoms with E-state index in [1.807, 2.05) is 12.1 Å². The number of amidine groups is 1. The predicted molar refractivity (Wildman–Crippen MR) is 140 cm³/mol. The van der Waals surface area contributed by atoms with E-state index in [1.165, 1.54) is 17.7 Å². The summed E-state index contributed by atoms with van der Waals surface area (Å²) in [4.78, 5) is 26.6. The van der Waals surface area contributed by atoms with Gasteiger partial charge in [-0.25, -0.2) is 4.90 Å². The van der Waals surface area contributed by atoms with E-state index in [1.54, 1.807) is 43.3 Å². The number of hydrogen-bond acceptors (Lipinski definition) is 6. The Morgan fingerprint density at radius 1 is 1.09 bits per heavy atom. The topological polar surface area (TPSA) is 97.3 Å². The van der Waals surface area contributed by atoms with Crippen LogP contribution in [0.15, 0.2) is 58.7 Å². The summed E-state index contributed by atoms with van der Waals surface area (Å²) in [6.45, 7) is 4.62. The lowest BCUT2D eigenvalue weighted by molar-refractivity contribution is -0.121. The highest BCUT2D eigenvalue weighted by Gasteiger charge is 2.40. The molecule has 1 unspecified atom stereocenters. The van der Waals surface area contributed by atoms with E-state index in [9.17, 15) is 9.59 Å². The molecule has 0 aromatic heterocycles. The standard InChI is InChI=1S/C25H29ClN4O3S/c1-3-4-5-6-15-33-21-13-11-20(12-14-21)30-23(31)16-22(24(30)32)34-25(27)29-28-17(2)18-7-9-19(26)10-8-18/h7-14,22H,3-6,15-16H2,1-2H3,(H2,27,29). The molecule has 1 fully saturated rings. The van der Waals surface area contributed by atoms with Gasteiger partial charge in [0.2, 0.25) is 11.8 Å². The van der Waals surface area contributed by atoms with E-state index in [2.05, 4.69) is 17.1 Å². The van der Waals surface area contributed by atoms with E-state index in [0.717, 1.165) is 35.9 Å². The summed E-state index contributed by atoms with van der Waals surface area (Å²) in [7, 11) is 0. The maximum Gasteiger partial charge on any atom is 0.247 e. The van der Waals surface area contributed by atoms with Gasteiger partial charge in [-0.3, -0.25) is 9.59 Å². The van der Waals surface area contributed by atoms with Crippen LogP contribution in [0.5, 0.6) is 5.75 Å². The maximum absolute atomic E-state index is 12.9. The number of anilines is 1. The van der Waals surface area contributed by atoms with Crippen LogP contribution in [-0.4, -0.2) is 34.6 Å². The van der Waals surface area contributed by atoms with Crippen molar-refractivity contribution in [2.24, 2.45) is 15.9 Å². The van der Waals surface area contributed by atoms with Gasteiger partial charge in [0.1, 0.15) is 11.0 Å². The number of imide groups is 1. The first-order valence-corrected chi connectivity index (χ1v) is 12.5. The van der Waals surface area contributed by atoms with Gasteiger partial charge in [-0.15, -0.1) is 5.10 Å². The fourth-order valence-corrected chi connectivity index (χ4v) is 4.36. The molecule has 2 aromatic rings. The van der Waals surface area contributed by atoms with Crippen molar-refractivity contribution >= 4 is 51.7 Å². The molecule has 1 aliphatic rings. The number of rotatable bonds is 10. The van der Waals surface area contributed by atoms with E-state index in [0.29, 0.717) is 23.0 Å². The van der Waals surface area contributed by atoms with Gasteiger partial charge in [0.15, 0.2) is 5.17 Å². The zero-order valence-electron chi connectivity index (χ0n) is 19.4. The molecule has 0 spiro atoms. The summed E-state index contributed by atoms with van der Waals surface area (Å²) in [5.74, 6) is 0.125. The van der Waals surface area contributed by atoms with Crippen LogP contribution in [0.4, 0.5) is 5.69 Å². The Hall–Kier alpha value is -2.84. The average molecular weight is 501 g/mol. The molecule has 2 amide bonds. The van der Waals surface area contributed by atoms with E-state index in [4.69, 9.17) is 22.1 Å². The Balaban J connectivity index is 1.58. The van der Waals surface area contributed by atoms with Gasteiger partial charge in [-0.1, -0.05) is 61.7 Å². The molecule has 1 heterocycles. The first-order valence-electron chi connectivity index (χ1n) is 11.3. The van der Waals surface area contributed by atoms with Gasteiger partial charge in [0.05, 0.1) is 18.0 Å². The zero-order valence-corrected chi connectivity index (χ0v) is 20.9. The number of ether oxygens (including phenoxy) is 1. The summed E-state index contributed by atoms with van der Waals surface area (Å²) in [6.07, 6.45) is 4.58. The molecule has 9 heteroatoms. The minimum atomic E-state index is -0.642. The van der Waals surface area contributed by atoms with Crippen LogP contribution in [0.1, 0.15) is 51.5 Å². The molecular formula is C25H29ClN4O3S. The third-order valence-corrected chi connectivity index (χ3v) is 6.52. The first kappa shape index (κ1) is 25.8. The zero-order chi connectivity index (χ0) is 24.5. The molecule has 0 saturated carbocycles. The van der Waals surface area contributed by atoms with Crippen molar-refractivity contribution in [1.29, 1.82) is 0 Å². The van der Waals surface area contributed by atoms with Crippen LogP contribution in [0.25, 0.3) is 0 Å². The summed E-state index contributed by atoms with van der Waals surface area (Å²) >= 11 is 6.94. The van der Waals surface area contributed by atoms with Crippen molar-refractivity contribution in [3.8, 4) is 5.75 Å². The van der Waals surface area contributed by atoms with Crippen molar-refractivity contribution < 1.29 is 14.3 Å². The number of benzene rings is 2. The second-order valence-electron chi connectivity index (χ2n) is 7.91. The SMILES string of the molecule is CCCCCCOc1ccc(N2C(=O)CC(SC(N)=NN=C(C)c3ccc(Cl)cc3)C2=O)cc1. The number of nitrogens with zero attached hydrogens (tertiary/aromatic N) is 3. The first-order chi connectivity index (χ1) is 16.4. The number of thioether (sulfide) groups is 1. The minimum Gasteiger partial charge on any atom is -0.494 e. The normalized spacial score (nSPS) is 16.9. The van der Waals surface area contributed by atoms with Crippen molar-refractivity contribution in [3.05, 3.63) is 59.1 Å². The van der Waals surface area contributed by atoms with Gasteiger partial charge in [-0.05, 0) is 55.3 Å². The van der Waals surface area contributed by atoms with Gasteiger partial charge < -0.3 is 10.5 Å². The number of carbonyl (C=O) groups is 2. The Labute approximate surface area is 209 Å². The molecule has 7 nitrogen and oxygen atoms in total. The Morgan fingerprint density at radius 3 is 2.47 bits per heavy atom. The monoisotopic (exact) mass is 500 g/mol. The van der Waals surface area contributed by atoms with Crippen LogP contribution in [0, 0.1) is 0 Å². The molecule has 1 saturated heterocycles. The molecule has 180 valence electrons. The molecule has 2 aromatic carbocycles. The number of nitrogens with two attached hydrogens (primary N) is 1. The molecule has 34 heavy (non-hydrogen) atoms. The quantitative estimate of drug-likeness (QED) is 0.155. The lowest BCUT2D eigenvalue weighted by Gasteiger charge is -2.15. The lowest BCUT2D eigenvalue weighted by atomic mass is 10.1. The maximum atomic E-state index is 12.9. The summed E-state index contributed by atoms with van der Waals surface area (Å²) in [5, 5.41) is 8.26. The van der Waals surface area contributed by atoms with Crippen LogP contribution in [0.2, 0.25) is 5.02 Å². The van der Waals surface area contributed by atoms with Gasteiger partial charge in [0.25, 0.3) is 0 Å². The second-order valence-corrected chi connectivity index (χ2v) is 9.57. The average Bonchev–Trinajstić information content (AvgIpc) is 3.10. The largest absolute Gasteiger partial charge is 0.494 e. The van der Waals surface area contributed by atoms with Crippen LogP contribution in [0.3, 0.4) is 0 Å². The summed E-state index contributed by atoms with van der Waals surface area (Å²) in [5.41, 5.74) is 8.01. The van der Waals surface area contributed by atoms with Crippen molar-refractivity contribution in [3.63, 3.8) is 0 Å². The highest BCUT2D eigenvalue weighted by Crippen LogP contribution is 2.30. The Kier molecular flexibility index (Phi) is 9.53. The second kappa shape index (κ2) is 12.6. The Morgan fingerprint density at radius 2 is 1.79 bits per heavy atom. The smallest absolute Gasteiger partial charge is 0.247 e. The summed E-state index contributed by atoms with van der Waals surface area (Å²) < 4.78 is 5.74. The molecule has 0 bridgehead atoms. The van der Waals surface area contributed by atoms with E-state index in [-0.39, 0.29) is 23.4 Å². The number of unbranched alkanes of at least 4 members (excludes halogenated alkanes) is 3. The molecule has 0 aliphatic carbocycles. The highest BCUT2D eigenvalue weighted by atomic mass is 35.5. The highest BCUT2D eigenvalue weighted by molar-refractivity contribution is 8.14. The van der Waals surface area contributed by atoms with Gasteiger partial charge in [-0.2, -0.15) is 5.10 Å². The van der Waals surface area contributed by atoms with Gasteiger partial charge >= 0.3 is 0 Å². The molecule has 3 rings (SSSR count). The molecule has 1 aliphatic heterocycles. The van der Waals surface area contributed by atoms with E-state index >= 15 is 0 Å². The predicted octanol–water partition coefficient (Wildman–Crippen LogP) is 5.40. The molecule has 2 N–H and O–H groups in total. The summed E-state index contributed by atoms with van der Waals surface area (Å²) in [6, 6.07) is 14.2. The number of halogens is 1. The minimum absolute atomic E-state index is 0.0509. The third-order valence-electron chi connectivity index (χ3n) is 5.29. The van der Waals surface area contributed by atoms with Crippen molar-refractivity contribution in [2.45, 2.75) is 51.2 Å². The van der Waals surface area contributed by atoms with Gasteiger partial charge in [0, 0.05) is 11.4 Å². The van der Waals surface area contributed by atoms with Crippen molar-refractivity contribution in [2.75, 3.05) is 11.5 Å². The fourth-order valence-electron chi connectivity index (χ4n) is 3.42. The van der Waals surface area contributed by atoms with Crippen LogP contribution >= 0.6 is 23.4 Å². The molecular weight excluding hydrogens is 472 g/mol. The molecule has 0 radical (unpaired) electrons. The number of carbonyl (C=O) groups excluding carboxylic acids is 2. The molecule has 1 atom stereocenters. The lowest BCUT2D eigenvalue weighted by Crippen LogP contribution is -2.31. The van der Waals surface area contributed by atoms with Crippen LogP contribution in [-0.2, 0) is 9.59 Å². The van der Waals surface area contributed by atoms with Crippen LogP contribution < -0.4 is 15.4 Å². The van der Waals surface area contributed by atoms with Crippen molar-refractivity contribution in [1.82, 2.24) is 0 Å². The number of amides is 2. The number of hydrogen-bond donors (Lipinski definition) is 1. The third kappa shape index (κ3) is 7.08.